The average molecular weight is 338 g/mol. The Morgan fingerprint density at radius 1 is 1.04 bits per heavy atom. The van der Waals surface area contributed by atoms with Gasteiger partial charge in [0.25, 0.3) is 0 Å². The molecular weight excluding hydrogens is 320 g/mol. The van der Waals surface area contributed by atoms with Crippen molar-refractivity contribution in [1.29, 1.82) is 0 Å². The van der Waals surface area contributed by atoms with E-state index in [4.69, 9.17) is 9.47 Å². The Kier molecular flexibility index (Phi) is 4.40. The molecule has 5 heteroatoms. The van der Waals surface area contributed by atoms with Crippen LogP contribution in [0.1, 0.15) is 57.7 Å². The molecule has 25 heavy (non-hydrogen) atoms. The van der Waals surface area contributed by atoms with Gasteiger partial charge in [0, 0.05) is 23.6 Å². The van der Waals surface area contributed by atoms with Gasteiger partial charge in [0.05, 0.1) is 12.7 Å². The highest BCUT2D eigenvalue weighted by Crippen LogP contribution is 2.37. The van der Waals surface area contributed by atoms with Gasteiger partial charge in [-0.3, -0.25) is 14.4 Å². The molecule has 0 aromatic heterocycles. The minimum absolute atomic E-state index is 0.118. The topological polar surface area (TPSA) is 69.7 Å². The number of aryl methyl sites for hydroxylation is 1. The number of rotatable bonds is 4. The summed E-state index contributed by atoms with van der Waals surface area (Å²) in [5.74, 6) is -0.444. The van der Waals surface area contributed by atoms with E-state index in [2.05, 4.69) is 0 Å². The van der Waals surface area contributed by atoms with Crippen molar-refractivity contribution < 1.29 is 23.9 Å². The fourth-order valence-electron chi connectivity index (χ4n) is 3.17. The number of ether oxygens (including phenoxy) is 2. The van der Waals surface area contributed by atoms with Crippen molar-refractivity contribution >= 4 is 17.5 Å². The molecule has 0 atom stereocenters. The van der Waals surface area contributed by atoms with Crippen LogP contribution in [0.2, 0.25) is 0 Å². The van der Waals surface area contributed by atoms with Crippen molar-refractivity contribution in [2.75, 3.05) is 7.11 Å². The van der Waals surface area contributed by atoms with Gasteiger partial charge in [0.2, 0.25) is 0 Å². The summed E-state index contributed by atoms with van der Waals surface area (Å²) in [6.45, 7) is 3.26. The highest BCUT2D eigenvalue weighted by Gasteiger charge is 2.34. The molecule has 128 valence electrons. The van der Waals surface area contributed by atoms with Gasteiger partial charge in [-0.25, -0.2) is 0 Å². The number of hydrogen-bond donors (Lipinski definition) is 0. The number of esters is 1. The normalized spacial score (nSPS) is 12.4. The first-order chi connectivity index (χ1) is 12.0. The number of carbonyl (C=O) groups is 3. The number of benzene rings is 2. The van der Waals surface area contributed by atoms with Crippen LogP contribution < -0.4 is 9.47 Å². The van der Waals surface area contributed by atoms with E-state index in [1.165, 1.54) is 20.1 Å². The maximum atomic E-state index is 13.2. The minimum atomic E-state index is -0.539. The van der Waals surface area contributed by atoms with E-state index in [1.54, 1.807) is 24.3 Å². The van der Waals surface area contributed by atoms with Crippen LogP contribution in [0.25, 0.3) is 0 Å². The van der Waals surface area contributed by atoms with Gasteiger partial charge in [0.15, 0.2) is 11.6 Å². The molecule has 0 amide bonds. The molecule has 0 fully saturated rings. The lowest BCUT2D eigenvalue weighted by Crippen LogP contribution is -2.24. The zero-order chi connectivity index (χ0) is 18.1. The minimum Gasteiger partial charge on any atom is -0.497 e. The Labute approximate surface area is 145 Å². The number of ketones is 2. The quantitative estimate of drug-likeness (QED) is 0.539. The lowest BCUT2D eigenvalue weighted by atomic mass is 9.80. The van der Waals surface area contributed by atoms with E-state index in [9.17, 15) is 14.4 Å². The molecule has 3 rings (SSSR count). The number of fused-ring (bicyclic) bond motifs is 2. The second-order valence-electron chi connectivity index (χ2n) is 5.89. The number of carbonyl (C=O) groups excluding carboxylic acids is 3. The predicted molar refractivity (Wildman–Crippen MR) is 91.6 cm³/mol. The molecule has 1 aliphatic carbocycles. The Morgan fingerprint density at radius 2 is 1.80 bits per heavy atom. The summed E-state index contributed by atoms with van der Waals surface area (Å²) in [5, 5.41) is 0. The molecule has 0 aliphatic heterocycles. The summed E-state index contributed by atoms with van der Waals surface area (Å²) in [7, 11) is 1.53. The molecule has 0 heterocycles. The van der Waals surface area contributed by atoms with Crippen molar-refractivity contribution in [3.8, 4) is 11.5 Å². The Morgan fingerprint density at radius 3 is 2.44 bits per heavy atom. The van der Waals surface area contributed by atoms with Crippen LogP contribution in [0.3, 0.4) is 0 Å². The first-order valence-corrected chi connectivity index (χ1v) is 8.09. The van der Waals surface area contributed by atoms with Crippen LogP contribution in [0.15, 0.2) is 30.3 Å². The zero-order valence-electron chi connectivity index (χ0n) is 14.3. The Hall–Kier alpha value is -2.95. The van der Waals surface area contributed by atoms with Crippen LogP contribution in [-0.2, 0) is 11.2 Å². The van der Waals surface area contributed by atoms with E-state index in [0.29, 0.717) is 23.3 Å². The first-order valence-electron chi connectivity index (χ1n) is 8.09. The van der Waals surface area contributed by atoms with Crippen molar-refractivity contribution in [2.24, 2.45) is 0 Å². The second-order valence-corrected chi connectivity index (χ2v) is 5.89. The molecule has 2 aromatic rings. The summed E-state index contributed by atoms with van der Waals surface area (Å²) < 4.78 is 10.4. The van der Waals surface area contributed by atoms with Crippen molar-refractivity contribution in [1.82, 2.24) is 0 Å². The van der Waals surface area contributed by atoms with Crippen molar-refractivity contribution in [3.63, 3.8) is 0 Å². The third kappa shape index (κ3) is 2.82. The molecule has 2 aromatic carbocycles. The molecule has 0 spiro atoms. The maximum absolute atomic E-state index is 13.2. The average Bonchev–Trinajstić information content (AvgIpc) is 2.58. The Bertz CT molecular complexity index is 895. The van der Waals surface area contributed by atoms with Crippen molar-refractivity contribution in [3.05, 3.63) is 58.1 Å². The molecule has 0 saturated carbocycles. The Balaban J connectivity index is 2.27. The zero-order valence-corrected chi connectivity index (χ0v) is 14.3. The number of methoxy groups -OCH3 is 1. The van der Waals surface area contributed by atoms with E-state index >= 15 is 0 Å². The molecular formula is C20H18O5. The second kappa shape index (κ2) is 6.51. The fraction of sp³-hybridized carbons (Fsp3) is 0.250. The van der Waals surface area contributed by atoms with Crippen LogP contribution >= 0.6 is 0 Å². The van der Waals surface area contributed by atoms with E-state index in [1.807, 2.05) is 6.92 Å². The van der Waals surface area contributed by atoms with Gasteiger partial charge in [0.1, 0.15) is 11.5 Å². The lowest BCUT2D eigenvalue weighted by molar-refractivity contribution is -0.131. The first kappa shape index (κ1) is 16.9. The maximum Gasteiger partial charge on any atom is 0.308 e. The highest BCUT2D eigenvalue weighted by atomic mass is 16.5. The third-order valence-corrected chi connectivity index (χ3v) is 4.17. The summed E-state index contributed by atoms with van der Waals surface area (Å²) in [4.78, 5) is 37.5. The molecule has 0 bridgehead atoms. The van der Waals surface area contributed by atoms with Gasteiger partial charge < -0.3 is 9.47 Å². The van der Waals surface area contributed by atoms with Gasteiger partial charge in [-0.15, -0.1) is 0 Å². The standard InChI is InChI=1S/C20H18O5/c1-4-6-12-9-13(24-3)10-15-17(12)20(23)18-14(19(15)22)7-5-8-16(18)25-11(2)21/h5,7-10H,4,6H2,1-3H3. The molecule has 0 unspecified atom stereocenters. The van der Waals surface area contributed by atoms with Crippen LogP contribution in [0.4, 0.5) is 0 Å². The van der Waals surface area contributed by atoms with Crippen LogP contribution in [-0.4, -0.2) is 24.6 Å². The summed E-state index contributed by atoms with van der Waals surface area (Å²) in [6.07, 6.45) is 1.46. The number of hydrogen-bond acceptors (Lipinski definition) is 5. The molecule has 1 aliphatic rings. The largest absolute Gasteiger partial charge is 0.497 e. The smallest absolute Gasteiger partial charge is 0.308 e. The SMILES string of the molecule is CCCc1cc(OC)cc2c1C(=O)c1c(OC(C)=O)cccc1C2=O. The molecule has 5 nitrogen and oxygen atoms in total. The highest BCUT2D eigenvalue weighted by molar-refractivity contribution is 6.30. The summed E-state index contributed by atoms with van der Waals surface area (Å²) in [6, 6.07) is 8.08. The van der Waals surface area contributed by atoms with E-state index < -0.39 is 5.97 Å². The lowest BCUT2D eigenvalue weighted by Gasteiger charge is -2.22. The molecule has 0 radical (unpaired) electrons. The van der Waals surface area contributed by atoms with Gasteiger partial charge in [-0.2, -0.15) is 0 Å². The van der Waals surface area contributed by atoms with Gasteiger partial charge in [-0.05, 0) is 30.2 Å². The molecule has 0 N–H and O–H groups in total. The summed E-state index contributed by atoms with van der Waals surface area (Å²) >= 11 is 0. The fourth-order valence-corrected chi connectivity index (χ4v) is 3.17. The monoisotopic (exact) mass is 338 g/mol. The van der Waals surface area contributed by atoms with Crippen molar-refractivity contribution in [2.45, 2.75) is 26.7 Å². The predicted octanol–water partition coefficient (Wildman–Crippen LogP) is 3.35. The van der Waals surface area contributed by atoms with Crippen LogP contribution in [0, 0.1) is 0 Å². The van der Waals surface area contributed by atoms with E-state index in [0.717, 1.165) is 12.0 Å². The van der Waals surface area contributed by atoms with Crippen LogP contribution in [0.5, 0.6) is 11.5 Å². The van der Waals surface area contributed by atoms with Gasteiger partial charge in [-0.1, -0.05) is 25.5 Å². The summed E-state index contributed by atoms with van der Waals surface area (Å²) in [5.41, 5.74) is 1.86. The third-order valence-electron chi connectivity index (χ3n) is 4.17. The van der Waals surface area contributed by atoms with Gasteiger partial charge >= 0.3 is 5.97 Å². The van der Waals surface area contributed by atoms with E-state index in [-0.39, 0.29) is 28.4 Å². The molecule has 0 saturated heterocycles.